The zero-order chi connectivity index (χ0) is 14.1. The van der Waals surface area contributed by atoms with Crippen molar-refractivity contribution >= 4 is 23.9 Å². The summed E-state index contributed by atoms with van der Waals surface area (Å²) < 4.78 is 0. The van der Waals surface area contributed by atoms with E-state index < -0.39 is 37.0 Å². The largest absolute Gasteiger partial charge is 0.480 e. The third-order valence-electron chi connectivity index (χ3n) is 1.66. The van der Waals surface area contributed by atoms with Crippen LogP contribution in [0, 0.1) is 0 Å². The van der Waals surface area contributed by atoms with Gasteiger partial charge in [0, 0.05) is 13.1 Å². The second kappa shape index (κ2) is 7.70. The molecule has 0 rings (SSSR count). The second-order valence-corrected chi connectivity index (χ2v) is 3.24. The predicted octanol–water partition coefficient (Wildman–Crippen LogP) is -2.76. The fourth-order valence-electron chi connectivity index (χ4n) is 1.02. The molecule has 18 heavy (non-hydrogen) atoms. The molecule has 0 aromatic rings. The van der Waals surface area contributed by atoms with E-state index in [1.807, 2.05) is 0 Å². The first-order chi connectivity index (χ1) is 8.32. The van der Waals surface area contributed by atoms with E-state index in [0.29, 0.717) is 0 Å². The van der Waals surface area contributed by atoms with Crippen LogP contribution in [0.4, 0.5) is 9.59 Å². The van der Waals surface area contributed by atoms with E-state index in [9.17, 15) is 19.2 Å². The number of nitrogens with two attached hydrogens (primary N) is 2. The third kappa shape index (κ3) is 7.73. The van der Waals surface area contributed by atoms with Crippen LogP contribution in [-0.4, -0.2) is 60.1 Å². The highest BCUT2D eigenvalue weighted by molar-refractivity contribution is 5.85. The minimum Gasteiger partial charge on any atom is -0.480 e. The lowest BCUT2D eigenvalue weighted by Crippen LogP contribution is -2.48. The van der Waals surface area contributed by atoms with Gasteiger partial charge in [0.1, 0.15) is 13.1 Å². The van der Waals surface area contributed by atoms with Gasteiger partial charge in [-0.25, -0.2) is 9.59 Å². The lowest BCUT2D eigenvalue weighted by molar-refractivity contribution is -0.137. The van der Waals surface area contributed by atoms with Crippen LogP contribution >= 0.6 is 0 Å². The Kier molecular flexibility index (Phi) is 6.63. The number of aliphatic carboxylic acids is 1. The Morgan fingerprint density at radius 3 is 2.00 bits per heavy atom. The van der Waals surface area contributed by atoms with E-state index in [4.69, 9.17) is 16.6 Å². The summed E-state index contributed by atoms with van der Waals surface area (Å²) in [4.78, 5) is 43.6. The molecule has 0 heterocycles. The molecule has 0 bridgehead atoms. The molecule has 7 N–H and O–H groups in total. The third-order valence-corrected chi connectivity index (χ3v) is 1.66. The minimum absolute atomic E-state index is 0.0383. The Morgan fingerprint density at radius 2 is 1.56 bits per heavy atom. The van der Waals surface area contributed by atoms with Crippen molar-refractivity contribution in [2.24, 2.45) is 11.5 Å². The van der Waals surface area contributed by atoms with E-state index in [-0.39, 0.29) is 13.1 Å². The van der Waals surface area contributed by atoms with Crippen molar-refractivity contribution < 1.29 is 24.3 Å². The Morgan fingerprint density at radius 1 is 1.00 bits per heavy atom. The number of carboxylic acid groups (broad SMARTS) is 1. The number of nitrogens with one attached hydrogen (secondary N) is 2. The number of primary amides is 2. The molecule has 10 heteroatoms. The maximum absolute atomic E-state index is 11.5. The van der Waals surface area contributed by atoms with E-state index >= 15 is 0 Å². The van der Waals surface area contributed by atoms with Gasteiger partial charge in [-0.15, -0.1) is 0 Å². The zero-order valence-corrected chi connectivity index (χ0v) is 9.51. The van der Waals surface area contributed by atoms with Crippen molar-refractivity contribution in [2.75, 3.05) is 26.2 Å². The zero-order valence-electron chi connectivity index (χ0n) is 9.51. The SMILES string of the molecule is NC(=O)CN(CC(=O)O)C(=O)NCCNC(N)=O. The van der Waals surface area contributed by atoms with Crippen LogP contribution in [0.2, 0.25) is 0 Å². The summed E-state index contributed by atoms with van der Waals surface area (Å²) in [5.41, 5.74) is 9.66. The number of carbonyl (C=O) groups is 4. The molecule has 0 saturated carbocycles. The number of hydrogen-bond donors (Lipinski definition) is 5. The summed E-state index contributed by atoms with van der Waals surface area (Å²) in [5.74, 6) is -2.11. The summed E-state index contributed by atoms with van der Waals surface area (Å²) in [6, 6.07) is -1.52. The first-order valence-electron chi connectivity index (χ1n) is 4.89. The van der Waals surface area contributed by atoms with Gasteiger partial charge < -0.3 is 32.1 Å². The molecule has 0 fully saturated rings. The molecule has 0 spiro atoms. The van der Waals surface area contributed by atoms with Gasteiger partial charge >= 0.3 is 18.0 Å². The van der Waals surface area contributed by atoms with Crippen LogP contribution < -0.4 is 22.1 Å². The average Bonchev–Trinajstić information content (AvgIpc) is 2.21. The molecule has 102 valence electrons. The van der Waals surface area contributed by atoms with Crippen LogP contribution in [0.1, 0.15) is 0 Å². The maximum Gasteiger partial charge on any atom is 0.323 e. The van der Waals surface area contributed by atoms with E-state index in [1.54, 1.807) is 0 Å². The lowest BCUT2D eigenvalue weighted by Gasteiger charge is -2.19. The van der Waals surface area contributed by atoms with Crippen LogP contribution in [0.25, 0.3) is 0 Å². The summed E-state index contributed by atoms with van der Waals surface area (Å²) in [7, 11) is 0. The number of amides is 5. The number of rotatable bonds is 7. The number of hydrogen-bond acceptors (Lipinski definition) is 4. The molecule has 0 saturated heterocycles. The van der Waals surface area contributed by atoms with Crippen molar-refractivity contribution in [3.8, 4) is 0 Å². The smallest absolute Gasteiger partial charge is 0.323 e. The van der Waals surface area contributed by atoms with Crippen molar-refractivity contribution in [3.63, 3.8) is 0 Å². The van der Waals surface area contributed by atoms with Crippen molar-refractivity contribution in [2.45, 2.75) is 0 Å². The Labute approximate surface area is 102 Å². The molecular formula is C8H15N5O5. The monoisotopic (exact) mass is 261 g/mol. The topological polar surface area (TPSA) is 168 Å². The number of urea groups is 2. The van der Waals surface area contributed by atoms with Gasteiger partial charge in [0.25, 0.3) is 0 Å². The predicted molar refractivity (Wildman–Crippen MR) is 59.4 cm³/mol. The van der Waals surface area contributed by atoms with Gasteiger partial charge in [-0.05, 0) is 0 Å². The van der Waals surface area contributed by atoms with Crippen molar-refractivity contribution in [1.82, 2.24) is 15.5 Å². The van der Waals surface area contributed by atoms with E-state index in [1.165, 1.54) is 0 Å². The maximum atomic E-state index is 11.5. The summed E-state index contributed by atoms with van der Waals surface area (Å²) >= 11 is 0. The molecule has 0 aliphatic carbocycles. The molecule has 0 aliphatic rings. The Bertz CT molecular complexity index is 329. The molecular weight excluding hydrogens is 246 g/mol. The molecule has 10 nitrogen and oxygen atoms in total. The number of carboxylic acids is 1. The quantitative estimate of drug-likeness (QED) is 0.312. The molecule has 0 unspecified atom stereocenters. The number of carbonyl (C=O) groups excluding carboxylic acids is 3. The molecule has 0 aromatic carbocycles. The summed E-state index contributed by atoms with van der Waals surface area (Å²) in [5, 5.41) is 13.1. The fraction of sp³-hybridized carbons (Fsp3) is 0.500. The normalized spacial score (nSPS) is 9.33. The van der Waals surface area contributed by atoms with Gasteiger partial charge in [-0.3, -0.25) is 9.59 Å². The Balaban J connectivity index is 4.16. The van der Waals surface area contributed by atoms with Crippen molar-refractivity contribution in [3.05, 3.63) is 0 Å². The first-order valence-corrected chi connectivity index (χ1v) is 4.89. The van der Waals surface area contributed by atoms with Gasteiger partial charge in [-0.2, -0.15) is 0 Å². The van der Waals surface area contributed by atoms with Crippen molar-refractivity contribution in [1.29, 1.82) is 0 Å². The average molecular weight is 261 g/mol. The summed E-state index contributed by atoms with van der Waals surface area (Å²) in [6.07, 6.45) is 0. The van der Waals surface area contributed by atoms with Crippen LogP contribution in [0.15, 0.2) is 0 Å². The van der Waals surface area contributed by atoms with Gasteiger partial charge in [0.2, 0.25) is 5.91 Å². The number of nitrogens with zero attached hydrogens (tertiary/aromatic N) is 1. The van der Waals surface area contributed by atoms with Gasteiger partial charge in [0.05, 0.1) is 0 Å². The highest BCUT2D eigenvalue weighted by Crippen LogP contribution is 1.89. The van der Waals surface area contributed by atoms with Gasteiger partial charge in [0.15, 0.2) is 0 Å². The molecule has 0 aromatic heterocycles. The molecule has 5 amide bonds. The lowest BCUT2D eigenvalue weighted by atomic mass is 10.4. The Hall–Kier alpha value is -2.52. The van der Waals surface area contributed by atoms with Crippen LogP contribution in [0.3, 0.4) is 0 Å². The second-order valence-electron chi connectivity index (χ2n) is 3.24. The highest BCUT2D eigenvalue weighted by Gasteiger charge is 2.18. The van der Waals surface area contributed by atoms with Crippen LogP contribution in [-0.2, 0) is 9.59 Å². The standard InChI is InChI=1S/C8H15N5O5/c9-5(14)3-13(4-6(15)16)8(18)12-2-1-11-7(10)17/h1-4H2,(H2,9,14)(H,12,18)(H,15,16)(H3,10,11,17). The van der Waals surface area contributed by atoms with E-state index in [2.05, 4.69) is 10.6 Å². The van der Waals surface area contributed by atoms with E-state index in [0.717, 1.165) is 4.90 Å². The minimum atomic E-state index is -1.28. The van der Waals surface area contributed by atoms with Crippen LogP contribution in [0.5, 0.6) is 0 Å². The molecule has 0 atom stereocenters. The summed E-state index contributed by atoms with van der Waals surface area (Å²) in [6.45, 7) is -1.05. The highest BCUT2D eigenvalue weighted by atomic mass is 16.4. The molecule has 0 aliphatic heterocycles. The van der Waals surface area contributed by atoms with Gasteiger partial charge in [-0.1, -0.05) is 0 Å². The first kappa shape index (κ1) is 15.5. The molecule has 0 radical (unpaired) electrons. The fourth-order valence-corrected chi connectivity index (χ4v) is 1.02.